The first-order chi connectivity index (χ1) is 18.6. The average molecular weight is 512 g/mol. The molecule has 0 spiro atoms. The van der Waals surface area contributed by atoms with E-state index in [0.717, 1.165) is 54.9 Å². The number of urea groups is 1. The van der Waals surface area contributed by atoms with Gasteiger partial charge in [-0.15, -0.1) is 0 Å². The van der Waals surface area contributed by atoms with Crippen LogP contribution in [0.15, 0.2) is 55.0 Å². The van der Waals surface area contributed by atoms with Gasteiger partial charge in [0, 0.05) is 49.3 Å². The number of rotatable bonds is 7. The minimum Gasteiger partial charge on any atom is -0.367 e. The molecule has 8 heteroatoms. The van der Waals surface area contributed by atoms with Crippen LogP contribution in [0.1, 0.15) is 63.4 Å². The Kier molecular flexibility index (Phi) is 8.22. The number of hydrogen-bond donors (Lipinski definition) is 2. The summed E-state index contributed by atoms with van der Waals surface area (Å²) in [6.45, 7) is 0.754. The van der Waals surface area contributed by atoms with Crippen LogP contribution in [-0.2, 0) is 7.05 Å². The van der Waals surface area contributed by atoms with Crippen molar-refractivity contribution >= 4 is 17.5 Å². The minimum atomic E-state index is 0.00914. The number of aryl methyl sites for hydroxylation is 1. The van der Waals surface area contributed by atoms with Crippen molar-refractivity contribution in [2.24, 2.45) is 13.0 Å². The zero-order chi connectivity index (χ0) is 26.3. The van der Waals surface area contributed by atoms with Crippen LogP contribution >= 0.6 is 0 Å². The fourth-order valence-electron chi connectivity index (χ4n) is 5.82. The van der Waals surface area contributed by atoms with Gasteiger partial charge in [0.2, 0.25) is 0 Å². The number of aromatic nitrogens is 3. The molecule has 0 unspecified atom stereocenters. The number of benzene rings is 1. The van der Waals surface area contributed by atoms with E-state index >= 15 is 0 Å². The van der Waals surface area contributed by atoms with Gasteiger partial charge in [-0.05, 0) is 74.3 Å². The van der Waals surface area contributed by atoms with Gasteiger partial charge in [0.25, 0.3) is 0 Å². The molecule has 2 heterocycles. The molecule has 0 bridgehead atoms. The van der Waals surface area contributed by atoms with Gasteiger partial charge in [-0.25, -0.2) is 9.78 Å². The number of carbonyl (C=O) groups is 1. The summed E-state index contributed by atoms with van der Waals surface area (Å²) in [6.07, 6.45) is 15.5. The van der Waals surface area contributed by atoms with Crippen LogP contribution < -0.4 is 15.5 Å². The number of hydrogen-bond acceptors (Lipinski definition) is 5. The molecule has 8 nitrogen and oxygen atoms in total. The van der Waals surface area contributed by atoms with E-state index in [2.05, 4.69) is 51.1 Å². The summed E-state index contributed by atoms with van der Waals surface area (Å²) in [6, 6.07) is 14.5. The molecule has 0 aliphatic heterocycles. The molecule has 198 valence electrons. The molecule has 5 rings (SSSR count). The molecule has 3 aromatic rings. The first-order valence-electron chi connectivity index (χ1n) is 13.9. The second kappa shape index (κ2) is 12.1. The highest BCUT2D eigenvalue weighted by Gasteiger charge is 2.30. The van der Waals surface area contributed by atoms with Crippen LogP contribution in [-0.4, -0.2) is 39.4 Å². The zero-order valence-corrected chi connectivity index (χ0v) is 22.1. The highest BCUT2D eigenvalue weighted by atomic mass is 16.2. The molecular formula is C30H37N7O. The Balaban J connectivity index is 1.27. The Morgan fingerprint density at radius 2 is 1.76 bits per heavy atom. The Labute approximate surface area is 225 Å². The van der Waals surface area contributed by atoms with Crippen LogP contribution in [0.4, 0.5) is 16.3 Å². The third-order valence-corrected chi connectivity index (χ3v) is 7.98. The van der Waals surface area contributed by atoms with Crippen LogP contribution in [0.3, 0.4) is 0 Å². The van der Waals surface area contributed by atoms with Crippen LogP contribution in [0.25, 0.3) is 11.1 Å². The van der Waals surface area contributed by atoms with Gasteiger partial charge in [0.15, 0.2) is 0 Å². The SMILES string of the molecule is Cn1cc(-c2ccc(N(C(=O)NCC3CCCCC3)C3CCC(Nc4ccc(C#N)cn4)CC3)cc2)cn1. The molecule has 2 aliphatic carbocycles. The quantitative estimate of drug-likeness (QED) is 0.413. The minimum absolute atomic E-state index is 0.00914. The first-order valence-corrected chi connectivity index (χ1v) is 13.9. The molecule has 2 aliphatic rings. The lowest BCUT2D eigenvalue weighted by atomic mass is 9.89. The second-order valence-electron chi connectivity index (χ2n) is 10.7. The number of pyridine rings is 1. The van der Waals surface area contributed by atoms with Crippen LogP contribution in [0, 0.1) is 17.2 Å². The maximum atomic E-state index is 13.6. The molecule has 1 aromatic carbocycles. The molecule has 0 atom stereocenters. The molecule has 2 N–H and O–H groups in total. The molecule has 0 saturated heterocycles. The van der Waals surface area contributed by atoms with E-state index in [9.17, 15) is 4.79 Å². The predicted octanol–water partition coefficient (Wildman–Crippen LogP) is 5.87. The maximum Gasteiger partial charge on any atom is 0.322 e. The number of anilines is 2. The Morgan fingerprint density at radius 1 is 1.00 bits per heavy atom. The van der Waals surface area contributed by atoms with E-state index < -0.39 is 0 Å². The molecule has 2 aromatic heterocycles. The fourth-order valence-corrected chi connectivity index (χ4v) is 5.82. The van der Waals surface area contributed by atoms with E-state index in [0.29, 0.717) is 17.5 Å². The number of amides is 2. The first kappa shape index (κ1) is 25.8. The summed E-state index contributed by atoms with van der Waals surface area (Å²) in [5, 5.41) is 20.1. The summed E-state index contributed by atoms with van der Waals surface area (Å²) in [7, 11) is 1.92. The topological polar surface area (TPSA) is 98.9 Å². The lowest BCUT2D eigenvalue weighted by Crippen LogP contribution is -2.49. The standard InChI is InChI=1S/C30H37N7O/c1-36-21-25(20-34-36)24-8-12-27(13-9-24)37(30(38)33-18-22-5-3-2-4-6-22)28-14-10-26(11-15-28)35-29-16-7-23(17-31)19-32-29/h7-9,12-13,16,19-22,26,28H,2-6,10-11,14-15,18H2,1H3,(H,32,35)(H,33,38). The zero-order valence-electron chi connectivity index (χ0n) is 22.1. The van der Waals surface area contributed by atoms with E-state index in [1.54, 1.807) is 16.9 Å². The highest BCUT2D eigenvalue weighted by molar-refractivity contribution is 5.93. The highest BCUT2D eigenvalue weighted by Crippen LogP contribution is 2.31. The van der Waals surface area contributed by atoms with Gasteiger partial charge >= 0.3 is 6.03 Å². The van der Waals surface area contributed by atoms with E-state index in [-0.39, 0.29) is 12.1 Å². The van der Waals surface area contributed by atoms with Crippen LogP contribution in [0.2, 0.25) is 0 Å². The summed E-state index contributed by atoms with van der Waals surface area (Å²) >= 11 is 0. The van der Waals surface area contributed by atoms with Crippen molar-refractivity contribution in [3.63, 3.8) is 0 Å². The molecule has 2 saturated carbocycles. The largest absolute Gasteiger partial charge is 0.367 e. The van der Waals surface area contributed by atoms with Crippen molar-refractivity contribution in [3.05, 3.63) is 60.6 Å². The van der Waals surface area contributed by atoms with Crippen molar-refractivity contribution in [3.8, 4) is 17.2 Å². The third kappa shape index (κ3) is 6.34. The van der Waals surface area contributed by atoms with Crippen LogP contribution in [0.5, 0.6) is 0 Å². The predicted molar refractivity (Wildman–Crippen MR) is 150 cm³/mol. The average Bonchev–Trinajstić information content (AvgIpc) is 3.40. The number of nitriles is 1. The summed E-state index contributed by atoms with van der Waals surface area (Å²) in [5.74, 6) is 1.38. The molecule has 0 radical (unpaired) electrons. The summed E-state index contributed by atoms with van der Waals surface area (Å²) < 4.78 is 1.80. The number of carbonyl (C=O) groups excluding carboxylic acids is 1. The van der Waals surface area contributed by atoms with Gasteiger partial charge in [0.1, 0.15) is 11.9 Å². The van der Waals surface area contributed by atoms with Crippen molar-refractivity contribution in [2.75, 3.05) is 16.8 Å². The van der Waals surface area contributed by atoms with Gasteiger partial charge in [-0.1, -0.05) is 31.4 Å². The lowest BCUT2D eigenvalue weighted by molar-refractivity contribution is 0.236. The number of nitrogens with zero attached hydrogens (tertiary/aromatic N) is 5. The summed E-state index contributed by atoms with van der Waals surface area (Å²) in [4.78, 5) is 20.0. The molecule has 38 heavy (non-hydrogen) atoms. The second-order valence-corrected chi connectivity index (χ2v) is 10.7. The Bertz CT molecular complexity index is 1230. The van der Waals surface area contributed by atoms with Crippen molar-refractivity contribution in [2.45, 2.75) is 69.9 Å². The van der Waals surface area contributed by atoms with Crippen molar-refractivity contribution < 1.29 is 4.79 Å². The van der Waals surface area contributed by atoms with E-state index in [1.807, 2.05) is 30.4 Å². The van der Waals surface area contributed by atoms with Gasteiger partial charge in [0.05, 0.1) is 11.8 Å². The van der Waals surface area contributed by atoms with Gasteiger partial charge < -0.3 is 10.6 Å². The Morgan fingerprint density at radius 3 is 2.39 bits per heavy atom. The lowest BCUT2D eigenvalue weighted by Gasteiger charge is -2.37. The van der Waals surface area contributed by atoms with Gasteiger partial charge in [-0.3, -0.25) is 9.58 Å². The van der Waals surface area contributed by atoms with Crippen molar-refractivity contribution in [1.29, 1.82) is 5.26 Å². The summed E-state index contributed by atoms with van der Waals surface area (Å²) in [5.41, 5.74) is 3.65. The van der Waals surface area contributed by atoms with Gasteiger partial charge in [-0.2, -0.15) is 10.4 Å². The molecule has 2 amide bonds. The fraction of sp³-hybridized carbons (Fsp3) is 0.467. The van der Waals surface area contributed by atoms with E-state index in [4.69, 9.17) is 5.26 Å². The van der Waals surface area contributed by atoms with Crippen molar-refractivity contribution in [1.82, 2.24) is 20.1 Å². The normalized spacial score (nSPS) is 19.9. The van der Waals surface area contributed by atoms with E-state index in [1.165, 1.54) is 32.1 Å². The number of nitrogens with one attached hydrogen (secondary N) is 2. The molecular weight excluding hydrogens is 474 g/mol. The smallest absolute Gasteiger partial charge is 0.322 e. The molecule has 2 fully saturated rings. The maximum absolute atomic E-state index is 13.6. The monoisotopic (exact) mass is 511 g/mol. The Hall–Kier alpha value is -3.86. The third-order valence-electron chi connectivity index (χ3n) is 7.98.